The van der Waals surface area contributed by atoms with Crippen LogP contribution in [0.1, 0.15) is 34.5 Å². The monoisotopic (exact) mass is 386 g/mol. The maximum absolute atomic E-state index is 12.8. The summed E-state index contributed by atoms with van der Waals surface area (Å²) in [6, 6.07) is 14.1. The van der Waals surface area contributed by atoms with Gasteiger partial charge in [0.05, 0.1) is 17.2 Å². The summed E-state index contributed by atoms with van der Waals surface area (Å²) in [5.41, 5.74) is 0.392. The van der Waals surface area contributed by atoms with E-state index in [4.69, 9.17) is 0 Å². The third kappa shape index (κ3) is 4.85. The summed E-state index contributed by atoms with van der Waals surface area (Å²) in [4.78, 5) is 20.4. The molecule has 0 aliphatic carbocycles. The number of halogens is 3. The molecule has 0 aliphatic rings. The Balaban J connectivity index is 1.66. The van der Waals surface area contributed by atoms with Gasteiger partial charge in [0, 0.05) is 18.1 Å². The zero-order chi connectivity index (χ0) is 20.1. The number of carbonyl (C=O) groups excluding carboxylic acids is 1. The Bertz CT molecular complexity index is 944. The van der Waals surface area contributed by atoms with E-state index in [1.54, 1.807) is 0 Å². The van der Waals surface area contributed by atoms with E-state index in [-0.39, 0.29) is 17.3 Å². The van der Waals surface area contributed by atoms with Gasteiger partial charge in [-0.15, -0.1) is 0 Å². The fraction of sp³-hybridized carbons (Fsp3) is 0.150. The molecule has 1 heterocycles. The molecule has 0 fully saturated rings. The summed E-state index contributed by atoms with van der Waals surface area (Å²) >= 11 is 0. The van der Waals surface area contributed by atoms with Gasteiger partial charge in [-0.05, 0) is 30.7 Å². The minimum atomic E-state index is -4.48. The molecule has 28 heavy (non-hydrogen) atoms. The van der Waals surface area contributed by atoms with Crippen molar-refractivity contribution in [2.75, 3.05) is 10.6 Å². The first kappa shape index (κ1) is 19.3. The molecule has 1 atom stereocenters. The maximum atomic E-state index is 12.8. The Morgan fingerprint density at radius 3 is 2.32 bits per heavy atom. The summed E-state index contributed by atoms with van der Waals surface area (Å²) in [6.07, 6.45) is -1.85. The minimum absolute atomic E-state index is 0.0361. The van der Waals surface area contributed by atoms with Crippen molar-refractivity contribution in [3.63, 3.8) is 0 Å². The Kier molecular flexibility index (Phi) is 5.58. The predicted octanol–water partition coefficient (Wildman–Crippen LogP) is 4.92. The van der Waals surface area contributed by atoms with E-state index >= 15 is 0 Å². The maximum Gasteiger partial charge on any atom is 0.416 e. The van der Waals surface area contributed by atoms with Crippen LogP contribution in [0.3, 0.4) is 0 Å². The second kappa shape index (κ2) is 8.08. The Hall–Kier alpha value is -3.42. The average molecular weight is 386 g/mol. The molecule has 8 heteroatoms. The van der Waals surface area contributed by atoms with Gasteiger partial charge in [0.25, 0.3) is 5.91 Å². The van der Waals surface area contributed by atoms with Crippen LogP contribution in [0.15, 0.2) is 67.0 Å². The van der Waals surface area contributed by atoms with Crippen LogP contribution in [0.25, 0.3) is 0 Å². The molecule has 0 spiro atoms. The summed E-state index contributed by atoms with van der Waals surface area (Å²) in [6.45, 7) is 1.95. The smallest absolute Gasteiger partial charge is 0.348 e. The Labute approximate surface area is 159 Å². The molecule has 1 amide bonds. The van der Waals surface area contributed by atoms with Crippen molar-refractivity contribution >= 4 is 17.5 Å². The molecule has 0 saturated carbocycles. The Morgan fingerprint density at radius 1 is 1.00 bits per heavy atom. The molecule has 1 aromatic heterocycles. The molecule has 3 aromatic rings. The molecule has 0 bridgehead atoms. The van der Waals surface area contributed by atoms with Crippen molar-refractivity contribution in [2.45, 2.75) is 19.1 Å². The van der Waals surface area contributed by atoms with Gasteiger partial charge in [0.2, 0.25) is 5.95 Å². The van der Waals surface area contributed by atoms with E-state index in [0.717, 1.165) is 17.7 Å². The first-order chi connectivity index (χ1) is 13.3. The number of nitrogens with zero attached hydrogens (tertiary/aromatic N) is 2. The summed E-state index contributed by atoms with van der Waals surface area (Å²) in [7, 11) is 0. The van der Waals surface area contributed by atoms with Crippen molar-refractivity contribution in [1.82, 2.24) is 9.97 Å². The third-order valence-corrected chi connectivity index (χ3v) is 4.01. The lowest BCUT2D eigenvalue weighted by molar-refractivity contribution is -0.137. The minimum Gasteiger partial charge on any atom is -0.348 e. The molecule has 5 nitrogen and oxygen atoms in total. The van der Waals surface area contributed by atoms with Crippen LogP contribution >= 0.6 is 0 Å². The van der Waals surface area contributed by atoms with Crippen LogP contribution in [-0.4, -0.2) is 15.9 Å². The highest BCUT2D eigenvalue weighted by atomic mass is 19.4. The molecule has 0 saturated heterocycles. The van der Waals surface area contributed by atoms with E-state index in [0.29, 0.717) is 5.95 Å². The lowest BCUT2D eigenvalue weighted by atomic mass is 10.1. The van der Waals surface area contributed by atoms with Gasteiger partial charge in [-0.2, -0.15) is 13.2 Å². The number of carbonyl (C=O) groups is 1. The summed E-state index contributed by atoms with van der Waals surface area (Å²) in [5.74, 6) is -0.256. The van der Waals surface area contributed by atoms with Crippen LogP contribution in [0.4, 0.5) is 24.8 Å². The van der Waals surface area contributed by atoms with Crippen LogP contribution < -0.4 is 10.6 Å². The number of benzene rings is 2. The van der Waals surface area contributed by atoms with E-state index in [1.165, 1.54) is 24.5 Å². The van der Waals surface area contributed by atoms with Gasteiger partial charge in [-0.3, -0.25) is 4.79 Å². The largest absolute Gasteiger partial charge is 0.416 e. The molecular formula is C20H17F3N4O. The highest BCUT2D eigenvalue weighted by Crippen LogP contribution is 2.30. The fourth-order valence-electron chi connectivity index (χ4n) is 2.52. The molecule has 1 unspecified atom stereocenters. The van der Waals surface area contributed by atoms with Crippen LogP contribution in [-0.2, 0) is 6.18 Å². The predicted molar refractivity (Wildman–Crippen MR) is 99.9 cm³/mol. The summed E-state index contributed by atoms with van der Waals surface area (Å²) in [5, 5.41) is 5.54. The first-order valence-corrected chi connectivity index (χ1v) is 8.45. The number of hydrogen-bond donors (Lipinski definition) is 2. The zero-order valence-corrected chi connectivity index (χ0v) is 14.9. The third-order valence-electron chi connectivity index (χ3n) is 4.01. The number of nitrogens with one attached hydrogen (secondary N) is 2. The normalized spacial score (nSPS) is 12.3. The van der Waals surface area contributed by atoms with E-state index in [9.17, 15) is 18.0 Å². The first-order valence-electron chi connectivity index (χ1n) is 8.45. The number of hydrogen-bond acceptors (Lipinski definition) is 4. The van der Waals surface area contributed by atoms with Gasteiger partial charge in [0.1, 0.15) is 0 Å². The highest BCUT2D eigenvalue weighted by Gasteiger charge is 2.30. The van der Waals surface area contributed by atoms with Gasteiger partial charge < -0.3 is 10.6 Å². The number of amides is 1. The van der Waals surface area contributed by atoms with Gasteiger partial charge >= 0.3 is 6.18 Å². The lowest BCUT2D eigenvalue weighted by Crippen LogP contribution is -2.15. The number of aromatic nitrogens is 2. The topological polar surface area (TPSA) is 66.9 Å². The average Bonchev–Trinajstić information content (AvgIpc) is 2.69. The number of anilines is 2. The number of rotatable bonds is 5. The number of alkyl halides is 3. The Morgan fingerprint density at radius 2 is 1.68 bits per heavy atom. The van der Waals surface area contributed by atoms with Gasteiger partial charge in [-0.25, -0.2) is 9.97 Å². The van der Waals surface area contributed by atoms with Crippen LogP contribution in [0, 0.1) is 0 Å². The lowest BCUT2D eigenvalue weighted by Gasteiger charge is -2.14. The van der Waals surface area contributed by atoms with E-state index in [1.807, 2.05) is 37.3 Å². The molecule has 2 aromatic carbocycles. The standard InChI is InChI=1S/C20H17F3N4O/c1-13(14-6-3-2-4-7-14)26-19-24-11-15(12-25-19)18(28)27-17-9-5-8-16(10-17)20(21,22)23/h2-13H,1H3,(H,27,28)(H,24,25,26). The second-order valence-electron chi connectivity index (χ2n) is 6.10. The van der Waals surface area contributed by atoms with Crippen LogP contribution in [0.5, 0.6) is 0 Å². The van der Waals surface area contributed by atoms with Crippen molar-refractivity contribution in [3.05, 3.63) is 83.7 Å². The quantitative estimate of drug-likeness (QED) is 0.653. The van der Waals surface area contributed by atoms with Crippen molar-refractivity contribution < 1.29 is 18.0 Å². The summed E-state index contributed by atoms with van der Waals surface area (Å²) < 4.78 is 38.3. The molecule has 0 radical (unpaired) electrons. The molecule has 0 aliphatic heterocycles. The molecule has 144 valence electrons. The molecular weight excluding hydrogens is 369 g/mol. The highest BCUT2D eigenvalue weighted by molar-refractivity contribution is 6.03. The molecule has 2 N–H and O–H groups in total. The zero-order valence-electron chi connectivity index (χ0n) is 14.9. The van der Waals surface area contributed by atoms with E-state index in [2.05, 4.69) is 20.6 Å². The van der Waals surface area contributed by atoms with E-state index < -0.39 is 17.6 Å². The second-order valence-corrected chi connectivity index (χ2v) is 6.10. The van der Waals surface area contributed by atoms with Crippen LogP contribution in [0.2, 0.25) is 0 Å². The van der Waals surface area contributed by atoms with Crippen molar-refractivity contribution in [2.24, 2.45) is 0 Å². The van der Waals surface area contributed by atoms with Crippen molar-refractivity contribution in [1.29, 1.82) is 0 Å². The van der Waals surface area contributed by atoms with Gasteiger partial charge in [-0.1, -0.05) is 36.4 Å². The SMILES string of the molecule is CC(Nc1ncc(C(=O)Nc2cccc(C(F)(F)F)c2)cn1)c1ccccc1. The van der Waals surface area contributed by atoms with Crippen molar-refractivity contribution in [3.8, 4) is 0 Å². The van der Waals surface area contributed by atoms with Gasteiger partial charge in [0.15, 0.2) is 0 Å². The fourth-order valence-corrected chi connectivity index (χ4v) is 2.52. The molecule has 3 rings (SSSR count).